The van der Waals surface area contributed by atoms with Crippen LogP contribution >= 0.6 is 11.3 Å². The molecule has 23 heavy (non-hydrogen) atoms. The maximum Gasteiger partial charge on any atom is 0.226 e. The number of nitrogens with zero attached hydrogens (tertiary/aromatic N) is 1. The Hall–Kier alpha value is -2.67. The number of thiazole rings is 1. The Balaban J connectivity index is 1.57. The molecule has 0 saturated heterocycles. The van der Waals surface area contributed by atoms with E-state index in [4.69, 9.17) is 5.73 Å². The fourth-order valence-electron chi connectivity index (χ4n) is 2.39. The number of rotatable bonds is 6. The summed E-state index contributed by atoms with van der Waals surface area (Å²) in [5.41, 5.74) is 7.88. The highest BCUT2D eigenvalue weighted by atomic mass is 32.1. The standard InChI is InChI=1S/C16H16N4O2S/c17-14(21)7-11-9-23-16(19-11)20-15(22)6-5-10-8-18-13-4-2-1-3-12(10)13/h1-4,8-9,18H,5-7H2,(H2,17,21)(H,19,20,22). The molecule has 0 spiro atoms. The Bertz CT molecular complexity index is 853. The first-order valence-electron chi connectivity index (χ1n) is 7.19. The van der Waals surface area contributed by atoms with E-state index in [0.717, 1.165) is 16.5 Å². The quantitative estimate of drug-likeness (QED) is 0.646. The van der Waals surface area contributed by atoms with Gasteiger partial charge in [-0.05, 0) is 18.1 Å². The molecule has 2 heterocycles. The van der Waals surface area contributed by atoms with Gasteiger partial charge in [0.1, 0.15) is 0 Å². The van der Waals surface area contributed by atoms with E-state index in [-0.39, 0.29) is 12.3 Å². The van der Waals surface area contributed by atoms with E-state index in [1.54, 1.807) is 5.38 Å². The second kappa shape index (κ2) is 6.62. The predicted molar refractivity (Wildman–Crippen MR) is 90.3 cm³/mol. The second-order valence-corrected chi connectivity index (χ2v) is 6.05. The average molecular weight is 328 g/mol. The van der Waals surface area contributed by atoms with Crippen LogP contribution in [0.3, 0.4) is 0 Å². The van der Waals surface area contributed by atoms with Gasteiger partial charge in [-0.2, -0.15) is 0 Å². The molecule has 4 N–H and O–H groups in total. The summed E-state index contributed by atoms with van der Waals surface area (Å²) in [5.74, 6) is -0.539. The number of anilines is 1. The number of hydrogen-bond donors (Lipinski definition) is 3. The van der Waals surface area contributed by atoms with Gasteiger partial charge in [0.25, 0.3) is 0 Å². The van der Waals surface area contributed by atoms with Crippen LogP contribution in [0.1, 0.15) is 17.7 Å². The summed E-state index contributed by atoms with van der Waals surface area (Å²) in [7, 11) is 0. The van der Waals surface area contributed by atoms with Crippen LogP contribution in [0.15, 0.2) is 35.8 Å². The monoisotopic (exact) mass is 328 g/mol. The Morgan fingerprint density at radius 3 is 2.96 bits per heavy atom. The number of amides is 2. The molecule has 0 bridgehead atoms. The Kier molecular flexibility index (Phi) is 4.38. The molecule has 0 aliphatic carbocycles. The van der Waals surface area contributed by atoms with Crippen molar-refractivity contribution in [3.63, 3.8) is 0 Å². The lowest BCUT2D eigenvalue weighted by Crippen LogP contribution is -2.14. The van der Waals surface area contributed by atoms with Crippen molar-refractivity contribution in [2.75, 3.05) is 5.32 Å². The first kappa shape index (κ1) is 15.2. The molecule has 2 amide bonds. The minimum Gasteiger partial charge on any atom is -0.369 e. The molecule has 7 heteroatoms. The Labute approximate surface area is 136 Å². The number of hydrogen-bond acceptors (Lipinski definition) is 4. The number of carbonyl (C=O) groups is 2. The summed E-state index contributed by atoms with van der Waals surface area (Å²) in [4.78, 5) is 30.2. The van der Waals surface area contributed by atoms with Gasteiger partial charge >= 0.3 is 0 Å². The normalized spacial score (nSPS) is 10.8. The number of nitrogens with two attached hydrogens (primary N) is 1. The number of nitrogens with one attached hydrogen (secondary N) is 2. The third-order valence-corrected chi connectivity index (χ3v) is 4.26. The molecule has 6 nitrogen and oxygen atoms in total. The minimum atomic E-state index is -0.437. The molecular formula is C16H16N4O2S. The van der Waals surface area contributed by atoms with Crippen LogP contribution in [0, 0.1) is 0 Å². The number of benzene rings is 1. The van der Waals surface area contributed by atoms with E-state index in [0.29, 0.717) is 23.7 Å². The number of fused-ring (bicyclic) bond motifs is 1. The summed E-state index contributed by atoms with van der Waals surface area (Å²) < 4.78 is 0. The summed E-state index contributed by atoms with van der Waals surface area (Å²) in [6.07, 6.45) is 3.04. The maximum atomic E-state index is 12.0. The summed E-state index contributed by atoms with van der Waals surface area (Å²) in [6.45, 7) is 0. The largest absolute Gasteiger partial charge is 0.369 e. The van der Waals surface area contributed by atoms with E-state index in [2.05, 4.69) is 15.3 Å². The number of aromatic amines is 1. The van der Waals surface area contributed by atoms with Crippen molar-refractivity contribution >= 4 is 39.2 Å². The third-order valence-electron chi connectivity index (χ3n) is 3.45. The van der Waals surface area contributed by atoms with Crippen LogP contribution in [0.2, 0.25) is 0 Å². The van der Waals surface area contributed by atoms with Crippen molar-refractivity contribution in [3.8, 4) is 0 Å². The number of primary amides is 1. The molecule has 118 valence electrons. The van der Waals surface area contributed by atoms with Gasteiger partial charge in [0.2, 0.25) is 11.8 Å². The van der Waals surface area contributed by atoms with Crippen molar-refractivity contribution in [1.82, 2.24) is 9.97 Å². The fraction of sp³-hybridized carbons (Fsp3) is 0.188. The average Bonchev–Trinajstić information content (AvgIpc) is 3.11. The van der Waals surface area contributed by atoms with Crippen LogP contribution in [0.5, 0.6) is 0 Å². The van der Waals surface area contributed by atoms with E-state index in [1.807, 2.05) is 30.5 Å². The van der Waals surface area contributed by atoms with Gasteiger partial charge in [-0.25, -0.2) is 4.98 Å². The predicted octanol–water partition coefficient (Wildman–Crippen LogP) is 2.22. The molecule has 0 aliphatic rings. The Morgan fingerprint density at radius 2 is 2.13 bits per heavy atom. The highest BCUT2D eigenvalue weighted by Crippen LogP contribution is 2.20. The topological polar surface area (TPSA) is 101 Å². The van der Waals surface area contributed by atoms with E-state index in [1.165, 1.54) is 11.3 Å². The molecule has 0 aliphatic heterocycles. The van der Waals surface area contributed by atoms with Gasteiger partial charge in [-0.15, -0.1) is 11.3 Å². The van der Waals surface area contributed by atoms with Crippen molar-refractivity contribution in [3.05, 3.63) is 47.1 Å². The lowest BCUT2D eigenvalue weighted by atomic mass is 10.1. The number of H-pyrrole nitrogens is 1. The number of para-hydroxylation sites is 1. The highest BCUT2D eigenvalue weighted by Gasteiger charge is 2.10. The molecule has 0 atom stereocenters. The van der Waals surface area contributed by atoms with Gasteiger partial charge in [-0.1, -0.05) is 18.2 Å². The first-order valence-corrected chi connectivity index (χ1v) is 8.07. The first-order chi connectivity index (χ1) is 11.1. The molecule has 1 aromatic carbocycles. The summed E-state index contributed by atoms with van der Waals surface area (Å²) >= 11 is 1.29. The number of aromatic nitrogens is 2. The Morgan fingerprint density at radius 1 is 1.30 bits per heavy atom. The van der Waals surface area contributed by atoms with Crippen molar-refractivity contribution in [2.24, 2.45) is 5.73 Å². The van der Waals surface area contributed by atoms with Gasteiger partial charge in [0, 0.05) is 28.9 Å². The summed E-state index contributed by atoms with van der Waals surface area (Å²) in [6, 6.07) is 8.00. The summed E-state index contributed by atoms with van der Waals surface area (Å²) in [5, 5.41) is 6.10. The van der Waals surface area contributed by atoms with E-state index in [9.17, 15) is 9.59 Å². The smallest absolute Gasteiger partial charge is 0.226 e. The van der Waals surface area contributed by atoms with Crippen molar-refractivity contribution < 1.29 is 9.59 Å². The van der Waals surface area contributed by atoms with Crippen LogP contribution in [0.25, 0.3) is 10.9 Å². The van der Waals surface area contributed by atoms with Crippen LogP contribution in [-0.4, -0.2) is 21.8 Å². The van der Waals surface area contributed by atoms with Crippen LogP contribution in [-0.2, 0) is 22.4 Å². The SMILES string of the molecule is NC(=O)Cc1csc(NC(=O)CCc2c[nH]c3ccccc23)n1. The lowest BCUT2D eigenvalue weighted by molar-refractivity contribution is -0.117. The zero-order valence-corrected chi connectivity index (χ0v) is 13.2. The second-order valence-electron chi connectivity index (χ2n) is 5.19. The van der Waals surface area contributed by atoms with Crippen LogP contribution < -0.4 is 11.1 Å². The molecular weight excluding hydrogens is 312 g/mol. The molecule has 0 radical (unpaired) electrons. The molecule has 2 aromatic heterocycles. The van der Waals surface area contributed by atoms with Crippen molar-refractivity contribution in [2.45, 2.75) is 19.3 Å². The maximum absolute atomic E-state index is 12.0. The fourth-order valence-corrected chi connectivity index (χ4v) is 3.12. The van der Waals surface area contributed by atoms with Crippen molar-refractivity contribution in [1.29, 1.82) is 0 Å². The third kappa shape index (κ3) is 3.75. The highest BCUT2D eigenvalue weighted by molar-refractivity contribution is 7.13. The zero-order valence-electron chi connectivity index (χ0n) is 12.3. The van der Waals surface area contributed by atoms with E-state index >= 15 is 0 Å². The lowest BCUT2D eigenvalue weighted by Gasteiger charge is -2.01. The number of carbonyl (C=O) groups excluding carboxylic acids is 2. The molecule has 0 fully saturated rings. The van der Waals surface area contributed by atoms with Gasteiger partial charge in [0.05, 0.1) is 12.1 Å². The molecule has 3 rings (SSSR count). The van der Waals surface area contributed by atoms with Gasteiger partial charge in [-0.3, -0.25) is 9.59 Å². The number of aryl methyl sites for hydroxylation is 1. The van der Waals surface area contributed by atoms with Crippen LogP contribution in [0.4, 0.5) is 5.13 Å². The van der Waals surface area contributed by atoms with Gasteiger partial charge < -0.3 is 16.0 Å². The molecule has 0 unspecified atom stereocenters. The van der Waals surface area contributed by atoms with E-state index < -0.39 is 5.91 Å². The molecule has 3 aromatic rings. The zero-order chi connectivity index (χ0) is 16.2. The van der Waals surface area contributed by atoms with Gasteiger partial charge in [0.15, 0.2) is 5.13 Å². The minimum absolute atomic E-state index is 0.0850. The molecule has 0 saturated carbocycles.